The number of likely N-dealkylation sites (tertiary alicyclic amines) is 1. The molecule has 6 nitrogen and oxygen atoms in total. The summed E-state index contributed by atoms with van der Waals surface area (Å²) >= 11 is 0. The molecule has 1 aromatic carbocycles. The lowest BCUT2D eigenvalue weighted by molar-refractivity contribution is -0.137. The number of amides is 1. The van der Waals surface area contributed by atoms with Crippen molar-refractivity contribution in [1.29, 1.82) is 0 Å². The first-order valence-electron chi connectivity index (χ1n) is 11.7. The molecule has 1 aliphatic heterocycles. The summed E-state index contributed by atoms with van der Waals surface area (Å²) in [5.74, 6) is 0.754. The highest BCUT2D eigenvalue weighted by molar-refractivity contribution is 5.93. The monoisotopic (exact) mass is 463 g/mol. The van der Waals surface area contributed by atoms with Crippen LogP contribution in [0, 0.1) is 5.92 Å². The van der Waals surface area contributed by atoms with Crippen LogP contribution >= 0.6 is 0 Å². The molecule has 2 aromatic rings. The highest BCUT2D eigenvalue weighted by Gasteiger charge is 2.42. The van der Waals surface area contributed by atoms with Crippen LogP contribution in [0.5, 0.6) is 0 Å². The Labute approximate surface area is 192 Å². The van der Waals surface area contributed by atoms with E-state index < -0.39 is 17.8 Å². The van der Waals surface area contributed by atoms with E-state index in [-0.39, 0.29) is 23.2 Å². The molecule has 9 heteroatoms. The van der Waals surface area contributed by atoms with Gasteiger partial charge in [0.05, 0.1) is 11.1 Å². The fraction of sp³-hybridized carbons (Fsp3) is 0.625. The van der Waals surface area contributed by atoms with Crippen molar-refractivity contribution in [3.8, 4) is 0 Å². The van der Waals surface area contributed by atoms with Gasteiger partial charge in [0, 0.05) is 24.0 Å². The van der Waals surface area contributed by atoms with Crippen molar-refractivity contribution in [2.75, 3.05) is 26.0 Å². The fourth-order valence-corrected chi connectivity index (χ4v) is 5.46. The number of aromatic nitrogens is 2. The van der Waals surface area contributed by atoms with Crippen molar-refractivity contribution in [2.45, 2.75) is 69.8 Å². The van der Waals surface area contributed by atoms with Crippen molar-refractivity contribution >= 4 is 22.6 Å². The number of nitrogens with zero attached hydrogens (tertiary/aromatic N) is 4. The van der Waals surface area contributed by atoms with Crippen LogP contribution in [0.15, 0.2) is 24.5 Å². The molecule has 0 radical (unpaired) electrons. The van der Waals surface area contributed by atoms with Crippen LogP contribution in [-0.2, 0) is 11.0 Å². The van der Waals surface area contributed by atoms with Gasteiger partial charge in [0.2, 0.25) is 5.91 Å². The predicted molar refractivity (Wildman–Crippen MR) is 122 cm³/mol. The topological polar surface area (TPSA) is 61.4 Å². The van der Waals surface area contributed by atoms with E-state index in [2.05, 4.69) is 41.2 Å². The first kappa shape index (κ1) is 23.7. The Bertz CT molecular complexity index is 996. The zero-order chi connectivity index (χ0) is 23.8. The summed E-state index contributed by atoms with van der Waals surface area (Å²) in [6.45, 7) is 2.84. The highest BCUT2D eigenvalue weighted by Crippen LogP contribution is 2.37. The van der Waals surface area contributed by atoms with Gasteiger partial charge >= 0.3 is 6.18 Å². The van der Waals surface area contributed by atoms with Crippen LogP contribution in [0.1, 0.15) is 51.0 Å². The Morgan fingerprint density at radius 3 is 2.67 bits per heavy atom. The molecular formula is C24H32F3N5O. The van der Waals surface area contributed by atoms with Gasteiger partial charge in [-0.2, -0.15) is 13.2 Å². The Hall–Kier alpha value is -2.42. The maximum absolute atomic E-state index is 13.4. The van der Waals surface area contributed by atoms with Crippen LogP contribution in [0.3, 0.4) is 0 Å². The number of hydrogen-bond acceptors (Lipinski definition) is 5. The summed E-state index contributed by atoms with van der Waals surface area (Å²) in [6, 6.07) is 3.67. The Morgan fingerprint density at radius 1 is 1.18 bits per heavy atom. The maximum Gasteiger partial charge on any atom is 0.416 e. The molecule has 180 valence electrons. The molecular weight excluding hydrogens is 431 g/mol. The van der Waals surface area contributed by atoms with Crippen molar-refractivity contribution < 1.29 is 18.0 Å². The first-order chi connectivity index (χ1) is 15.7. The number of alkyl halides is 3. The molecule has 0 bridgehead atoms. The van der Waals surface area contributed by atoms with Crippen LogP contribution in [-0.4, -0.2) is 64.4 Å². The number of halogens is 3. The van der Waals surface area contributed by atoms with E-state index in [4.69, 9.17) is 0 Å². The lowest BCUT2D eigenvalue weighted by Gasteiger charge is -2.43. The van der Waals surface area contributed by atoms with Crippen LogP contribution < -0.4 is 5.32 Å². The summed E-state index contributed by atoms with van der Waals surface area (Å²) in [5, 5.41) is 3.41. The van der Waals surface area contributed by atoms with Crippen LogP contribution in [0.25, 0.3) is 10.9 Å². The van der Waals surface area contributed by atoms with Gasteiger partial charge in [-0.25, -0.2) is 9.97 Å². The van der Waals surface area contributed by atoms with E-state index in [1.807, 2.05) is 4.90 Å². The van der Waals surface area contributed by atoms with Crippen LogP contribution in [0.4, 0.5) is 19.0 Å². The van der Waals surface area contributed by atoms with Crippen LogP contribution in [0.2, 0.25) is 0 Å². The van der Waals surface area contributed by atoms with E-state index >= 15 is 0 Å². The SMILES string of the molecule is CCC[C@H]1C[C@H](N(C)C)CC[C@@H]1N1CC[C@H](Nc2ncnc3ccc(C(F)(F)F)cc23)C1=O. The van der Waals surface area contributed by atoms with Gasteiger partial charge in [0.15, 0.2) is 0 Å². The van der Waals surface area contributed by atoms with E-state index in [1.54, 1.807) is 0 Å². The minimum atomic E-state index is -4.46. The molecule has 1 N–H and O–H groups in total. The molecule has 1 saturated carbocycles. The normalized spacial score (nSPS) is 26.4. The Morgan fingerprint density at radius 2 is 1.97 bits per heavy atom. The molecule has 4 atom stereocenters. The minimum Gasteiger partial charge on any atom is -0.358 e. The number of anilines is 1. The molecule has 4 rings (SSSR count). The molecule has 2 heterocycles. The van der Waals surface area contributed by atoms with Crippen molar-refractivity contribution in [3.63, 3.8) is 0 Å². The number of rotatable bonds is 6. The van der Waals surface area contributed by atoms with Gasteiger partial charge < -0.3 is 15.1 Å². The first-order valence-corrected chi connectivity index (χ1v) is 11.7. The largest absolute Gasteiger partial charge is 0.416 e. The zero-order valence-electron chi connectivity index (χ0n) is 19.4. The van der Waals surface area contributed by atoms with Crippen molar-refractivity contribution in [1.82, 2.24) is 19.8 Å². The third-order valence-electron chi connectivity index (χ3n) is 7.22. The summed E-state index contributed by atoms with van der Waals surface area (Å²) in [5.41, 5.74) is -0.347. The maximum atomic E-state index is 13.4. The molecule has 2 fully saturated rings. The summed E-state index contributed by atoms with van der Waals surface area (Å²) in [6.07, 6.45) is 2.77. The third-order valence-corrected chi connectivity index (χ3v) is 7.22. The summed E-state index contributed by atoms with van der Waals surface area (Å²) in [7, 11) is 4.23. The second kappa shape index (κ2) is 9.44. The molecule has 33 heavy (non-hydrogen) atoms. The third kappa shape index (κ3) is 4.93. The van der Waals surface area contributed by atoms with Gasteiger partial charge in [0.1, 0.15) is 18.2 Å². The fourth-order valence-electron chi connectivity index (χ4n) is 5.46. The van der Waals surface area contributed by atoms with Gasteiger partial charge in [-0.15, -0.1) is 0 Å². The molecule has 2 aliphatic rings. The zero-order valence-corrected chi connectivity index (χ0v) is 19.4. The number of carbonyl (C=O) groups is 1. The number of fused-ring (bicyclic) bond motifs is 1. The van der Waals surface area contributed by atoms with Gasteiger partial charge in [-0.1, -0.05) is 13.3 Å². The second-order valence-electron chi connectivity index (χ2n) is 9.52. The smallest absolute Gasteiger partial charge is 0.358 e. The van der Waals surface area contributed by atoms with Gasteiger partial charge in [-0.05, 0) is 70.3 Å². The molecule has 1 aliphatic carbocycles. The lowest BCUT2D eigenvalue weighted by Crippen LogP contribution is -2.49. The average molecular weight is 464 g/mol. The van der Waals surface area contributed by atoms with E-state index in [0.29, 0.717) is 30.4 Å². The number of benzene rings is 1. The molecule has 0 spiro atoms. The van der Waals surface area contributed by atoms with Crippen molar-refractivity contribution in [3.05, 3.63) is 30.1 Å². The molecule has 1 saturated heterocycles. The van der Waals surface area contributed by atoms with E-state index in [9.17, 15) is 18.0 Å². The molecule has 1 amide bonds. The molecule has 0 unspecified atom stereocenters. The number of carbonyl (C=O) groups excluding carboxylic acids is 1. The quantitative estimate of drug-likeness (QED) is 0.681. The highest BCUT2D eigenvalue weighted by atomic mass is 19.4. The second-order valence-corrected chi connectivity index (χ2v) is 9.52. The number of hydrogen-bond donors (Lipinski definition) is 1. The van der Waals surface area contributed by atoms with Gasteiger partial charge in [0.25, 0.3) is 0 Å². The predicted octanol–water partition coefficient (Wildman–Crippen LogP) is 4.56. The van der Waals surface area contributed by atoms with E-state index in [1.165, 1.54) is 12.4 Å². The number of nitrogens with one attached hydrogen (secondary N) is 1. The Kier molecular flexibility index (Phi) is 6.79. The van der Waals surface area contributed by atoms with E-state index in [0.717, 1.165) is 44.2 Å². The van der Waals surface area contributed by atoms with Crippen molar-refractivity contribution in [2.24, 2.45) is 5.92 Å². The summed E-state index contributed by atoms with van der Waals surface area (Å²) in [4.78, 5) is 25.9. The molecule has 1 aromatic heterocycles. The minimum absolute atomic E-state index is 0.0168. The van der Waals surface area contributed by atoms with Gasteiger partial charge in [-0.3, -0.25) is 4.79 Å². The lowest BCUT2D eigenvalue weighted by atomic mass is 9.78. The summed E-state index contributed by atoms with van der Waals surface area (Å²) < 4.78 is 39.7. The average Bonchev–Trinajstić information content (AvgIpc) is 3.13. The standard InChI is InChI=1S/C24H32F3N5O/c1-4-5-15-12-17(31(2)3)7-9-21(15)32-11-10-20(23(32)33)30-22-18-13-16(24(25,26)27)6-8-19(18)28-14-29-22/h6,8,13-15,17,20-21H,4-5,7,9-12H2,1-3H3,(H,28,29,30)/t15-,17+,20-,21-/m0/s1. The Balaban J connectivity index is 1.52.